The minimum Gasteiger partial charge on any atom is -0.306 e. The van der Waals surface area contributed by atoms with Crippen molar-refractivity contribution >= 4 is 0 Å². The molecule has 0 atom stereocenters. The first-order chi connectivity index (χ1) is 9.74. The van der Waals surface area contributed by atoms with Gasteiger partial charge in [-0.1, -0.05) is 6.07 Å². The molecule has 1 N–H and O–H groups in total. The van der Waals surface area contributed by atoms with Gasteiger partial charge >= 0.3 is 0 Å². The van der Waals surface area contributed by atoms with Gasteiger partial charge in [0.1, 0.15) is 5.82 Å². The van der Waals surface area contributed by atoms with Gasteiger partial charge in [-0.2, -0.15) is 0 Å². The Labute approximate surface area is 125 Å². The Bertz CT molecular complexity index is 645. The molecule has 0 radical (unpaired) electrons. The molecular formula is C17H22FN3. The van der Waals surface area contributed by atoms with E-state index in [1.165, 1.54) is 12.1 Å². The van der Waals surface area contributed by atoms with Crippen LogP contribution < -0.4 is 5.32 Å². The highest BCUT2D eigenvalue weighted by molar-refractivity contribution is 5.60. The number of halogens is 1. The molecule has 1 aromatic heterocycles. The van der Waals surface area contributed by atoms with Crippen LogP contribution in [0.15, 0.2) is 24.3 Å². The van der Waals surface area contributed by atoms with Crippen LogP contribution in [0.1, 0.15) is 37.7 Å². The van der Waals surface area contributed by atoms with E-state index in [1.807, 2.05) is 19.9 Å². The third kappa shape index (κ3) is 4.33. The van der Waals surface area contributed by atoms with Gasteiger partial charge in [-0.15, -0.1) is 0 Å². The van der Waals surface area contributed by atoms with Crippen LogP contribution in [-0.4, -0.2) is 15.5 Å². The molecular weight excluding hydrogens is 265 g/mol. The van der Waals surface area contributed by atoms with E-state index >= 15 is 0 Å². The Balaban J connectivity index is 2.37. The number of nitrogens with one attached hydrogen (secondary N) is 1. The van der Waals surface area contributed by atoms with E-state index in [0.717, 1.165) is 22.5 Å². The second-order valence-electron chi connectivity index (χ2n) is 6.39. The maximum absolute atomic E-state index is 13.5. The summed E-state index contributed by atoms with van der Waals surface area (Å²) in [5, 5.41) is 3.41. The summed E-state index contributed by atoms with van der Waals surface area (Å²) in [6.07, 6.45) is 0. The minimum absolute atomic E-state index is 0.0216. The average molecular weight is 287 g/mol. The van der Waals surface area contributed by atoms with E-state index in [2.05, 4.69) is 36.1 Å². The minimum atomic E-state index is -0.268. The van der Waals surface area contributed by atoms with Gasteiger partial charge in [-0.05, 0) is 58.4 Å². The summed E-state index contributed by atoms with van der Waals surface area (Å²) in [5.74, 6) is 0.313. The van der Waals surface area contributed by atoms with E-state index in [1.54, 1.807) is 6.07 Å². The summed E-state index contributed by atoms with van der Waals surface area (Å²) < 4.78 is 13.5. The molecule has 0 aliphatic carbocycles. The molecule has 0 saturated heterocycles. The molecule has 0 aliphatic rings. The van der Waals surface area contributed by atoms with Gasteiger partial charge in [0.15, 0.2) is 5.82 Å². The van der Waals surface area contributed by atoms with Crippen LogP contribution in [-0.2, 0) is 6.54 Å². The largest absolute Gasteiger partial charge is 0.306 e. The van der Waals surface area contributed by atoms with Crippen molar-refractivity contribution in [1.82, 2.24) is 15.3 Å². The second kappa shape index (κ2) is 5.90. The molecule has 112 valence electrons. The van der Waals surface area contributed by atoms with Gasteiger partial charge in [-0.3, -0.25) is 0 Å². The van der Waals surface area contributed by atoms with Crippen molar-refractivity contribution in [2.75, 3.05) is 0 Å². The van der Waals surface area contributed by atoms with Gasteiger partial charge in [0, 0.05) is 23.3 Å². The van der Waals surface area contributed by atoms with Crippen LogP contribution in [0.5, 0.6) is 0 Å². The molecule has 1 heterocycles. The van der Waals surface area contributed by atoms with Crippen molar-refractivity contribution in [3.63, 3.8) is 0 Å². The Morgan fingerprint density at radius 2 is 1.81 bits per heavy atom. The molecule has 2 aromatic rings. The van der Waals surface area contributed by atoms with Gasteiger partial charge < -0.3 is 5.32 Å². The molecule has 0 amide bonds. The summed E-state index contributed by atoms with van der Waals surface area (Å²) in [5.41, 5.74) is 3.53. The van der Waals surface area contributed by atoms with Crippen molar-refractivity contribution < 1.29 is 4.39 Å². The highest BCUT2D eigenvalue weighted by Crippen LogP contribution is 2.21. The lowest BCUT2D eigenvalue weighted by Crippen LogP contribution is -2.35. The van der Waals surface area contributed by atoms with Crippen molar-refractivity contribution in [1.29, 1.82) is 0 Å². The maximum atomic E-state index is 13.5. The highest BCUT2D eigenvalue weighted by atomic mass is 19.1. The topological polar surface area (TPSA) is 37.8 Å². The zero-order valence-corrected chi connectivity index (χ0v) is 13.3. The lowest BCUT2D eigenvalue weighted by Gasteiger charge is -2.20. The zero-order valence-electron chi connectivity index (χ0n) is 13.3. The third-order valence-electron chi connectivity index (χ3n) is 3.15. The standard InChI is InChI=1S/C17H22FN3/c1-11-6-7-13(18)9-15(11)16-20-12(2)8-14(21-16)10-19-17(3,4)5/h6-9,19H,10H2,1-5H3. The molecule has 0 bridgehead atoms. The summed E-state index contributed by atoms with van der Waals surface area (Å²) in [4.78, 5) is 9.01. The molecule has 2 rings (SSSR count). The van der Waals surface area contributed by atoms with E-state index in [-0.39, 0.29) is 11.4 Å². The van der Waals surface area contributed by atoms with Crippen molar-refractivity contribution in [2.45, 2.75) is 46.7 Å². The smallest absolute Gasteiger partial charge is 0.160 e. The quantitative estimate of drug-likeness (QED) is 0.933. The molecule has 3 nitrogen and oxygen atoms in total. The van der Waals surface area contributed by atoms with E-state index in [4.69, 9.17) is 0 Å². The number of hydrogen-bond acceptors (Lipinski definition) is 3. The summed E-state index contributed by atoms with van der Waals surface area (Å²) >= 11 is 0. The van der Waals surface area contributed by atoms with E-state index in [9.17, 15) is 4.39 Å². The van der Waals surface area contributed by atoms with Crippen LogP contribution in [0.25, 0.3) is 11.4 Å². The van der Waals surface area contributed by atoms with Gasteiger partial charge in [0.2, 0.25) is 0 Å². The van der Waals surface area contributed by atoms with Gasteiger partial charge in [0.05, 0.1) is 5.69 Å². The van der Waals surface area contributed by atoms with E-state index < -0.39 is 0 Å². The van der Waals surface area contributed by atoms with Crippen LogP contribution in [0.2, 0.25) is 0 Å². The monoisotopic (exact) mass is 287 g/mol. The van der Waals surface area contributed by atoms with Crippen LogP contribution >= 0.6 is 0 Å². The molecule has 4 heteroatoms. The predicted octanol–water partition coefficient (Wildman–Crippen LogP) is 3.79. The Hall–Kier alpha value is -1.81. The second-order valence-corrected chi connectivity index (χ2v) is 6.39. The lowest BCUT2D eigenvalue weighted by molar-refractivity contribution is 0.421. The first-order valence-corrected chi connectivity index (χ1v) is 7.11. The third-order valence-corrected chi connectivity index (χ3v) is 3.15. The zero-order chi connectivity index (χ0) is 15.6. The van der Waals surface area contributed by atoms with Gasteiger partial charge in [-0.25, -0.2) is 14.4 Å². The predicted molar refractivity (Wildman–Crippen MR) is 83.5 cm³/mol. The average Bonchev–Trinajstić information content (AvgIpc) is 2.38. The van der Waals surface area contributed by atoms with Crippen LogP contribution in [0.3, 0.4) is 0 Å². The first-order valence-electron chi connectivity index (χ1n) is 7.11. The lowest BCUT2D eigenvalue weighted by atomic mass is 10.1. The van der Waals surface area contributed by atoms with E-state index in [0.29, 0.717) is 12.4 Å². The molecule has 21 heavy (non-hydrogen) atoms. The first kappa shape index (κ1) is 15.6. The maximum Gasteiger partial charge on any atom is 0.160 e. The fourth-order valence-electron chi connectivity index (χ4n) is 2.04. The number of hydrogen-bond donors (Lipinski definition) is 1. The molecule has 0 aliphatic heterocycles. The van der Waals surface area contributed by atoms with Gasteiger partial charge in [0.25, 0.3) is 0 Å². The van der Waals surface area contributed by atoms with Crippen LogP contribution in [0, 0.1) is 19.7 Å². The molecule has 0 saturated carbocycles. The summed E-state index contributed by atoms with van der Waals surface area (Å²) in [7, 11) is 0. The normalized spacial score (nSPS) is 11.7. The Morgan fingerprint density at radius 1 is 1.10 bits per heavy atom. The summed E-state index contributed by atoms with van der Waals surface area (Å²) in [6, 6.07) is 6.65. The molecule has 0 fully saturated rings. The highest BCUT2D eigenvalue weighted by Gasteiger charge is 2.12. The van der Waals surface area contributed by atoms with Crippen molar-refractivity contribution in [3.05, 3.63) is 47.0 Å². The number of benzene rings is 1. The molecule has 0 unspecified atom stereocenters. The molecule has 0 spiro atoms. The molecule has 1 aromatic carbocycles. The van der Waals surface area contributed by atoms with Crippen molar-refractivity contribution in [2.24, 2.45) is 0 Å². The fraction of sp³-hybridized carbons (Fsp3) is 0.412. The SMILES string of the molecule is Cc1cc(CNC(C)(C)C)nc(-c2cc(F)ccc2C)n1. The Morgan fingerprint density at radius 3 is 2.48 bits per heavy atom. The number of aromatic nitrogens is 2. The van der Waals surface area contributed by atoms with Crippen molar-refractivity contribution in [3.8, 4) is 11.4 Å². The number of aryl methyl sites for hydroxylation is 2. The van der Waals surface area contributed by atoms with Crippen LogP contribution in [0.4, 0.5) is 4.39 Å². The Kier molecular flexibility index (Phi) is 4.37. The fourth-order valence-corrected chi connectivity index (χ4v) is 2.04. The number of rotatable bonds is 3. The number of nitrogens with zero attached hydrogens (tertiary/aromatic N) is 2. The summed E-state index contributed by atoms with van der Waals surface area (Å²) in [6.45, 7) is 10.9.